The molecule has 2 fully saturated rings. The number of hydrogen-bond donors (Lipinski definition) is 3. The van der Waals surface area contributed by atoms with Gasteiger partial charge in [-0.25, -0.2) is 0 Å². The van der Waals surface area contributed by atoms with E-state index in [0.29, 0.717) is 30.8 Å². The van der Waals surface area contributed by atoms with Gasteiger partial charge in [0.15, 0.2) is 0 Å². The maximum Gasteiger partial charge on any atom is 0.255 e. The number of benzene rings is 1. The molecule has 1 saturated heterocycles. The number of piperidine rings is 1. The predicted octanol–water partition coefficient (Wildman–Crippen LogP) is 0.720. The van der Waals surface area contributed by atoms with Crippen LogP contribution in [0.1, 0.15) is 54.4 Å². The quantitative estimate of drug-likeness (QED) is 0.607. The van der Waals surface area contributed by atoms with Gasteiger partial charge >= 0.3 is 0 Å². The molecule has 0 aromatic heterocycles. The topological polar surface area (TPSA) is 108 Å². The van der Waals surface area contributed by atoms with Gasteiger partial charge in [0.25, 0.3) is 5.91 Å². The first-order valence-corrected chi connectivity index (χ1v) is 10.4. The number of carbonyl (C=O) groups excluding carboxylic acids is 3. The Morgan fingerprint density at radius 3 is 2.79 bits per heavy atom. The largest absolute Gasteiger partial charge is 0.489 e. The van der Waals surface area contributed by atoms with Crippen LogP contribution in [0, 0.1) is 0 Å². The molecular formula is C21H27N3O5. The highest BCUT2D eigenvalue weighted by Crippen LogP contribution is 2.31. The minimum atomic E-state index is -0.609. The van der Waals surface area contributed by atoms with Crippen molar-refractivity contribution in [1.82, 2.24) is 15.5 Å². The minimum Gasteiger partial charge on any atom is -0.489 e. The number of hydrogen-bond acceptors (Lipinski definition) is 6. The molecule has 0 bridgehead atoms. The molecule has 156 valence electrons. The molecule has 1 aromatic rings. The number of rotatable bonds is 6. The zero-order valence-corrected chi connectivity index (χ0v) is 16.4. The molecule has 29 heavy (non-hydrogen) atoms. The Morgan fingerprint density at radius 2 is 2.00 bits per heavy atom. The van der Waals surface area contributed by atoms with Gasteiger partial charge in [0.1, 0.15) is 17.9 Å². The summed E-state index contributed by atoms with van der Waals surface area (Å²) in [6, 6.07) is 5.05. The number of fused-ring (bicyclic) bond motifs is 1. The van der Waals surface area contributed by atoms with E-state index in [2.05, 4.69) is 10.6 Å². The Kier molecular flexibility index (Phi) is 5.82. The van der Waals surface area contributed by atoms with Gasteiger partial charge in [-0.3, -0.25) is 19.7 Å². The molecule has 3 amide bonds. The van der Waals surface area contributed by atoms with Gasteiger partial charge in [-0.2, -0.15) is 0 Å². The van der Waals surface area contributed by atoms with Gasteiger partial charge in [0.2, 0.25) is 11.8 Å². The molecule has 0 radical (unpaired) electrons. The summed E-state index contributed by atoms with van der Waals surface area (Å²) in [4.78, 5) is 37.9. The number of imide groups is 1. The normalized spacial score (nSPS) is 27.0. The van der Waals surface area contributed by atoms with Gasteiger partial charge in [-0.05, 0) is 49.4 Å². The van der Waals surface area contributed by atoms with E-state index < -0.39 is 11.9 Å². The highest BCUT2D eigenvalue weighted by molar-refractivity contribution is 6.05. The van der Waals surface area contributed by atoms with Crippen molar-refractivity contribution >= 4 is 17.7 Å². The Balaban J connectivity index is 1.46. The first kappa shape index (κ1) is 19.8. The average Bonchev–Trinajstić information content (AvgIpc) is 3.03. The Hall–Kier alpha value is -2.45. The van der Waals surface area contributed by atoms with Gasteiger partial charge in [-0.15, -0.1) is 0 Å². The monoisotopic (exact) mass is 401 g/mol. The lowest BCUT2D eigenvalue weighted by molar-refractivity contribution is -0.136. The second kappa shape index (κ2) is 8.51. The van der Waals surface area contributed by atoms with Crippen LogP contribution in [0.5, 0.6) is 5.75 Å². The molecule has 1 saturated carbocycles. The standard InChI is InChI=1S/C21H27N3O5/c25-10-9-22-16-3-1-2-4-18(16)29-14-5-6-15-13(11-14)12-24(21(15)28)17-7-8-19(26)23-20(17)27/h5-6,11,16-18,22,25H,1-4,7-10,12H2,(H,23,26,27)/t16-,17?,18-/m0/s1. The van der Waals surface area contributed by atoms with Gasteiger partial charge < -0.3 is 20.1 Å². The molecule has 3 aliphatic rings. The summed E-state index contributed by atoms with van der Waals surface area (Å²) in [5.74, 6) is -0.160. The third-order valence-corrected chi connectivity index (χ3v) is 6.00. The molecule has 3 N–H and O–H groups in total. The number of aliphatic hydroxyl groups excluding tert-OH is 1. The molecule has 2 aliphatic heterocycles. The van der Waals surface area contributed by atoms with Crippen LogP contribution in [0.3, 0.4) is 0 Å². The fourth-order valence-corrected chi connectivity index (χ4v) is 4.52. The molecule has 3 atom stereocenters. The van der Waals surface area contributed by atoms with Crippen molar-refractivity contribution in [2.75, 3.05) is 13.2 Å². The maximum atomic E-state index is 12.8. The number of amides is 3. The van der Waals surface area contributed by atoms with E-state index in [1.807, 2.05) is 12.1 Å². The van der Waals surface area contributed by atoms with Crippen molar-refractivity contribution in [1.29, 1.82) is 0 Å². The third-order valence-electron chi connectivity index (χ3n) is 6.00. The first-order chi connectivity index (χ1) is 14.1. The number of aliphatic hydroxyl groups is 1. The second-order valence-corrected chi connectivity index (χ2v) is 7.94. The van der Waals surface area contributed by atoms with Crippen LogP contribution in [0.15, 0.2) is 18.2 Å². The molecular weight excluding hydrogens is 374 g/mol. The molecule has 1 unspecified atom stereocenters. The van der Waals surface area contributed by atoms with E-state index in [-0.39, 0.29) is 37.0 Å². The molecule has 8 nitrogen and oxygen atoms in total. The average molecular weight is 401 g/mol. The SMILES string of the molecule is O=C1CCC(N2Cc3cc(O[C@H]4CCCC[C@@H]4NCCO)ccc3C2=O)C(=O)N1. The lowest BCUT2D eigenvalue weighted by Crippen LogP contribution is -2.52. The Bertz CT molecular complexity index is 812. The van der Waals surface area contributed by atoms with Crippen molar-refractivity contribution in [3.8, 4) is 5.75 Å². The van der Waals surface area contributed by atoms with E-state index in [1.165, 1.54) is 0 Å². The molecule has 2 heterocycles. The van der Waals surface area contributed by atoms with Crippen molar-refractivity contribution in [2.45, 2.75) is 63.3 Å². The Morgan fingerprint density at radius 1 is 1.17 bits per heavy atom. The van der Waals surface area contributed by atoms with Crippen molar-refractivity contribution in [2.24, 2.45) is 0 Å². The maximum absolute atomic E-state index is 12.8. The van der Waals surface area contributed by atoms with E-state index in [9.17, 15) is 14.4 Å². The first-order valence-electron chi connectivity index (χ1n) is 10.4. The van der Waals surface area contributed by atoms with Crippen LogP contribution in [0.2, 0.25) is 0 Å². The van der Waals surface area contributed by atoms with Crippen LogP contribution in [-0.2, 0) is 16.1 Å². The molecule has 1 aromatic carbocycles. The van der Waals surface area contributed by atoms with E-state index in [4.69, 9.17) is 9.84 Å². The zero-order valence-electron chi connectivity index (χ0n) is 16.4. The number of carbonyl (C=O) groups is 3. The molecule has 0 spiro atoms. The summed E-state index contributed by atoms with van der Waals surface area (Å²) in [7, 11) is 0. The summed E-state index contributed by atoms with van der Waals surface area (Å²) in [6.07, 6.45) is 4.83. The van der Waals surface area contributed by atoms with Crippen molar-refractivity contribution in [3.05, 3.63) is 29.3 Å². The second-order valence-electron chi connectivity index (χ2n) is 7.94. The molecule has 4 rings (SSSR count). The van der Waals surface area contributed by atoms with E-state index >= 15 is 0 Å². The van der Waals surface area contributed by atoms with Crippen LogP contribution < -0.4 is 15.4 Å². The summed E-state index contributed by atoms with van der Waals surface area (Å²) < 4.78 is 6.24. The van der Waals surface area contributed by atoms with Gasteiger partial charge in [-0.1, -0.05) is 6.42 Å². The van der Waals surface area contributed by atoms with Crippen LogP contribution in [-0.4, -0.2) is 59.1 Å². The van der Waals surface area contributed by atoms with Crippen LogP contribution in [0.25, 0.3) is 0 Å². The number of nitrogens with zero attached hydrogens (tertiary/aromatic N) is 1. The summed E-state index contributed by atoms with van der Waals surface area (Å²) in [6.45, 7) is 0.985. The van der Waals surface area contributed by atoms with Gasteiger partial charge in [0, 0.05) is 31.1 Å². The number of ether oxygens (including phenoxy) is 1. The zero-order chi connectivity index (χ0) is 20.4. The summed E-state index contributed by atoms with van der Waals surface area (Å²) in [5, 5.41) is 14.8. The molecule has 1 aliphatic carbocycles. The van der Waals surface area contributed by atoms with Crippen molar-refractivity contribution in [3.63, 3.8) is 0 Å². The summed E-state index contributed by atoms with van der Waals surface area (Å²) >= 11 is 0. The Labute approximate surface area is 169 Å². The van der Waals surface area contributed by atoms with Crippen LogP contribution >= 0.6 is 0 Å². The highest BCUT2D eigenvalue weighted by atomic mass is 16.5. The van der Waals surface area contributed by atoms with E-state index in [0.717, 1.165) is 31.2 Å². The minimum absolute atomic E-state index is 0.0247. The third kappa shape index (κ3) is 4.13. The lowest BCUT2D eigenvalue weighted by atomic mass is 9.92. The fourth-order valence-electron chi connectivity index (χ4n) is 4.52. The van der Waals surface area contributed by atoms with Crippen LogP contribution in [0.4, 0.5) is 0 Å². The number of nitrogens with one attached hydrogen (secondary N) is 2. The lowest BCUT2D eigenvalue weighted by Gasteiger charge is -2.32. The highest BCUT2D eigenvalue weighted by Gasteiger charge is 2.39. The van der Waals surface area contributed by atoms with Crippen molar-refractivity contribution < 1.29 is 24.2 Å². The molecule has 8 heteroatoms. The summed E-state index contributed by atoms with van der Waals surface area (Å²) in [5.41, 5.74) is 1.42. The van der Waals surface area contributed by atoms with E-state index in [1.54, 1.807) is 11.0 Å². The fraction of sp³-hybridized carbons (Fsp3) is 0.571. The predicted molar refractivity (Wildman–Crippen MR) is 104 cm³/mol. The smallest absolute Gasteiger partial charge is 0.255 e. The van der Waals surface area contributed by atoms with Gasteiger partial charge in [0.05, 0.1) is 6.61 Å².